The summed E-state index contributed by atoms with van der Waals surface area (Å²) in [6, 6.07) is 14.8. The number of aromatic nitrogens is 2. The van der Waals surface area contributed by atoms with E-state index in [4.69, 9.17) is 16.3 Å². The van der Waals surface area contributed by atoms with Crippen molar-refractivity contribution in [1.29, 1.82) is 0 Å². The first-order valence-electron chi connectivity index (χ1n) is 8.83. The molecule has 0 radical (unpaired) electrons. The van der Waals surface area contributed by atoms with Crippen LogP contribution >= 0.6 is 11.6 Å². The molecule has 0 bridgehead atoms. The number of carbonyl (C=O) groups excluding carboxylic acids is 1. The van der Waals surface area contributed by atoms with Crippen molar-refractivity contribution in [3.05, 3.63) is 76.6 Å². The minimum Gasteiger partial charge on any atom is -0.497 e. The van der Waals surface area contributed by atoms with Crippen LogP contribution in [0.1, 0.15) is 21.6 Å². The maximum atomic E-state index is 12.5. The normalized spacial score (nSPS) is 10.4. The Kier molecular flexibility index (Phi) is 6.45. The molecule has 0 fully saturated rings. The minimum atomic E-state index is -0.314. The van der Waals surface area contributed by atoms with Crippen molar-refractivity contribution in [2.45, 2.75) is 13.3 Å². The van der Waals surface area contributed by atoms with Crippen LogP contribution in [0.3, 0.4) is 0 Å². The van der Waals surface area contributed by atoms with Gasteiger partial charge in [-0.25, -0.2) is 9.97 Å². The zero-order chi connectivity index (χ0) is 19.9. The number of rotatable bonds is 7. The molecule has 0 aliphatic rings. The Morgan fingerprint density at radius 1 is 1.14 bits per heavy atom. The molecule has 144 valence electrons. The number of methoxy groups -OCH3 is 1. The molecule has 0 aliphatic heterocycles. The Morgan fingerprint density at radius 2 is 1.93 bits per heavy atom. The number of nitrogens with one attached hydrogen (secondary N) is 2. The molecule has 6 nitrogen and oxygen atoms in total. The van der Waals surface area contributed by atoms with Gasteiger partial charge in [-0.3, -0.25) is 4.79 Å². The largest absolute Gasteiger partial charge is 0.497 e. The molecule has 1 aromatic heterocycles. The molecule has 3 aromatic rings. The van der Waals surface area contributed by atoms with E-state index in [1.807, 2.05) is 31.2 Å². The summed E-state index contributed by atoms with van der Waals surface area (Å²) < 4.78 is 5.15. The van der Waals surface area contributed by atoms with E-state index in [2.05, 4.69) is 20.6 Å². The molecule has 0 aliphatic carbocycles. The first-order chi connectivity index (χ1) is 13.6. The predicted molar refractivity (Wildman–Crippen MR) is 111 cm³/mol. The van der Waals surface area contributed by atoms with Crippen LogP contribution in [0.15, 0.2) is 54.7 Å². The molecule has 7 heteroatoms. The van der Waals surface area contributed by atoms with Crippen LogP contribution in [-0.4, -0.2) is 29.5 Å². The summed E-state index contributed by atoms with van der Waals surface area (Å²) in [4.78, 5) is 21.0. The van der Waals surface area contributed by atoms with Gasteiger partial charge in [0.2, 0.25) is 5.95 Å². The van der Waals surface area contributed by atoms with E-state index in [0.717, 1.165) is 17.7 Å². The van der Waals surface area contributed by atoms with Gasteiger partial charge in [-0.1, -0.05) is 29.8 Å². The first kappa shape index (κ1) is 19.6. The molecule has 3 rings (SSSR count). The van der Waals surface area contributed by atoms with Crippen molar-refractivity contribution < 1.29 is 9.53 Å². The fraction of sp³-hybridized carbons (Fsp3) is 0.190. The highest BCUT2D eigenvalue weighted by molar-refractivity contribution is 6.31. The highest BCUT2D eigenvalue weighted by Gasteiger charge is 2.11. The van der Waals surface area contributed by atoms with Crippen LogP contribution in [0, 0.1) is 6.92 Å². The molecule has 0 saturated carbocycles. The maximum absolute atomic E-state index is 12.5. The van der Waals surface area contributed by atoms with Gasteiger partial charge in [0.05, 0.1) is 7.11 Å². The van der Waals surface area contributed by atoms with Gasteiger partial charge in [0.1, 0.15) is 11.4 Å². The van der Waals surface area contributed by atoms with Crippen LogP contribution in [0.4, 0.5) is 11.6 Å². The molecule has 0 saturated heterocycles. The Bertz CT molecular complexity index is 961. The molecule has 1 amide bonds. The van der Waals surface area contributed by atoms with E-state index in [9.17, 15) is 4.79 Å². The summed E-state index contributed by atoms with van der Waals surface area (Å²) in [5, 5.41) is 6.58. The lowest BCUT2D eigenvalue weighted by Gasteiger charge is -2.10. The van der Waals surface area contributed by atoms with Gasteiger partial charge in [-0.15, -0.1) is 0 Å². The van der Waals surface area contributed by atoms with Crippen LogP contribution in [-0.2, 0) is 6.42 Å². The fourth-order valence-corrected chi connectivity index (χ4v) is 2.78. The zero-order valence-electron chi connectivity index (χ0n) is 15.7. The highest BCUT2D eigenvalue weighted by Crippen LogP contribution is 2.23. The van der Waals surface area contributed by atoms with Crippen molar-refractivity contribution in [1.82, 2.24) is 9.97 Å². The third-order valence-electron chi connectivity index (χ3n) is 4.26. The molecule has 28 heavy (non-hydrogen) atoms. The fourth-order valence-electron chi connectivity index (χ4n) is 2.61. The summed E-state index contributed by atoms with van der Waals surface area (Å²) in [7, 11) is 1.64. The van der Waals surface area contributed by atoms with Gasteiger partial charge in [-0.2, -0.15) is 0 Å². The topological polar surface area (TPSA) is 76.1 Å². The summed E-state index contributed by atoms with van der Waals surface area (Å²) >= 11 is 6.10. The SMILES string of the molecule is COc1ccc(CCNc2nccc(C(=O)Nc3cccc(Cl)c3C)n2)cc1. The Balaban J connectivity index is 1.59. The standard InChI is InChI=1S/C21H21ClN4O2/c1-14-17(22)4-3-5-18(14)25-20(27)19-11-13-24-21(26-19)23-12-10-15-6-8-16(28-2)9-7-15/h3-9,11,13H,10,12H2,1-2H3,(H,25,27)(H,23,24,26). The molecule has 2 aromatic carbocycles. The molecule has 0 atom stereocenters. The van der Waals surface area contributed by atoms with Crippen LogP contribution < -0.4 is 15.4 Å². The Labute approximate surface area is 168 Å². The maximum Gasteiger partial charge on any atom is 0.274 e. The number of halogens is 1. The number of hydrogen-bond acceptors (Lipinski definition) is 5. The number of carbonyl (C=O) groups is 1. The number of nitrogens with zero attached hydrogens (tertiary/aromatic N) is 2. The van der Waals surface area contributed by atoms with E-state index in [0.29, 0.717) is 23.2 Å². The van der Waals surface area contributed by atoms with Gasteiger partial charge < -0.3 is 15.4 Å². The van der Waals surface area contributed by atoms with Gasteiger partial charge in [-0.05, 0) is 54.8 Å². The van der Waals surface area contributed by atoms with Crippen molar-refractivity contribution in [3.63, 3.8) is 0 Å². The third-order valence-corrected chi connectivity index (χ3v) is 4.67. The molecule has 1 heterocycles. The van der Waals surface area contributed by atoms with Crippen LogP contribution in [0.2, 0.25) is 5.02 Å². The minimum absolute atomic E-state index is 0.279. The quantitative estimate of drug-likeness (QED) is 0.620. The first-order valence-corrected chi connectivity index (χ1v) is 9.21. The number of hydrogen-bond donors (Lipinski definition) is 2. The van der Waals surface area contributed by atoms with Crippen molar-refractivity contribution in [2.75, 3.05) is 24.3 Å². The van der Waals surface area contributed by atoms with E-state index in [1.54, 1.807) is 37.6 Å². The average molecular weight is 397 g/mol. The summed E-state index contributed by atoms with van der Waals surface area (Å²) in [6.45, 7) is 2.49. The monoisotopic (exact) mass is 396 g/mol. The van der Waals surface area contributed by atoms with E-state index in [-0.39, 0.29) is 11.6 Å². The van der Waals surface area contributed by atoms with E-state index in [1.165, 1.54) is 5.56 Å². The average Bonchev–Trinajstić information content (AvgIpc) is 2.72. The lowest BCUT2D eigenvalue weighted by molar-refractivity contribution is 0.102. The lowest BCUT2D eigenvalue weighted by Crippen LogP contribution is -2.16. The van der Waals surface area contributed by atoms with Crippen molar-refractivity contribution in [3.8, 4) is 5.75 Å². The zero-order valence-corrected chi connectivity index (χ0v) is 16.5. The number of amides is 1. The second kappa shape index (κ2) is 9.19. The second-order valence-electron chi connectivity index (χ2n) is 6.16. The van der Waals surface area contributed by atoms with Crippen LogP contribution in [0.25, 0.3) is 0 Å². The number of benzene rings is 2. The summed E-state index contributed by atoms with van der Waals surface area (Å²) in [5.41, 5.74) is 2.91. The van der Waals surface area contributed by atoms with Gasteiger partial charge in [0, 0.05) is 23.5 Å². The van der Waals surface area contributed by atoms with Crippen molar-refractivity contribution in [2.24, 2.45) is 0 Å². The van der Waals surface area contributed by atoms with Crippen molar-refractivity contribution >= 4 is 29.1 Å². The Morgan fingerprint density at radius 3 is 2.68 bits per heavy atom. The number of ether oxygens (including phenoxy) is 1. The molecule has 2 N–H and O–H groups in total. The predicted octanol–water partition coefficient (Wildman–Crippen LogP) is 4.35. The third kappa shape index (κ3) is 4.98. The van der Waals surface area contributed by atoms with Gasteiger partial charge in [0.15, 0.2) is 0 Å². The second-order valence-corrected chi connectivity index (χ2v) is 6.56. The van der Waals surface area contributed by atoms with E-state index < -0.39 is 0 Å². The molecular formula is C21H21ClN4O2. The molecular weight excluding hydrogens is 376 g/mol. The van der Waals surface area contributed by atoms with Crippen LogP contribution in [0.5, 0.6) is 5.75 Å². The molecule has 0 unspecified atom stereocenters. The van der Waals surface area contributed by atoms with E-state index >= 15 is 0 Å². The summed E-state index contributed by atoms with van der Waals surface area (Å²) in [6.07, 6.45) is 2.36. The highest BCUT2D eigenvalue weighted by atomic mass is 35.5. The number of anilines is 2. The summed E-state index contributed by atoms with van der Waals surface area (Å²) in [5.74, 6) is 0.920. The Hall–Kier alpha value is -3.12. The van der Waals surface area contributed by atoms with Gasteiger partial charge >= 0.3 is 0 Å². The smallest absolute Gasteiger partial charge is 0.274 e. The lowest BCUT2D eigenvalue weighted by atomic mass is 10.1. The molecule has 0 spiro atoms. The van der Waals surface area contributed by atoms with Gasteiger partial charge in [0.25, 0.3) is 5.91 Å².